The van der Waals surface area contributed by atoms with Crippen molar-refractivity contribution in [1.82, 2.24) is 4.90 Å². The predicted molar refractivity (Wildman–Crippen MR) is 164 cm³/mol. The van der Waals surface area contributed by atoms with Gasteiger partial charge in [0.05, 0.1) is 11.5 Å². The molecule has 1 saturated heterocycles. The smallest absolute Gasteiger partial charge is 0.262 e. The number of nitrogens with zero attached hydrogens (tertiary/aromatic N) is 1. The molecule has 1 aliphatic heterocycles. The summed E-state index contributed by atoms with van der Waals surface area (Å²) in [6, 6.07) is 24.3. The zero-order valence-electron chi connectivity index (χ0n) is 22.4. The summed E-state index contributed by atoms with van der Waals surface area (Å²) >= 11 is 5.07. The number of para-hydroxylation sites is 1. The van der Waals surface area contributed by atoms with E-state index in [1.54, 1.807) is 11.8 Å². The van der Waals surface area contributed by atoms with Crippen LogP contribution in [0.1, 0.15) is 50.7 Å². The van der Waals surface area contributed by atoms with Gasteiger partial charge in [-0.15, -0.1) is 0 Å². The summed E-state index contributed by atoms with van der Waals surface area (Å²) in [6.45, 7) is 5.22. The van der Waals surface area contributed by atoms with Crippen molar-refractivity contribution in [3.8, 4) is 11.5 Å². The fourth-order valence-corrected chi connectivity index (χ4v) is 6.74. The average Bonchev–Trinajstić information content (AvgIpc) is 3.24. The Hall–Kier alpha value is -2.90. The van der Waals surface area contributed by atoms with Gasteiger partial charge < -0.3 is 19.7 Å². The van der Waals surface area contributed by atoms with Gasteiger partial charge in [-0.3, -0.25) is 4.79 Å². The van der Waals surface area contributed by atoms with Gasteiger partial charge in [0, 0.05) is 16.2 Å². The second-order valence-electron chi connectivity index (χ2n) is 10.1. The van der Waals surface area contributed by atoms with Gasteiger partial charge in [-0.25, -0.2) is 0 Å². The molecule has 3 aromatic rings. The van der Waals surface area contributed by atoms with E-state index in [0.29, 0.717) is 30.6 Å². The summed E-state index contributed by atoms with van der Waals surface area (Å²) in [5.74, 6) is 1.94. The number of carbonyl (C=O) groups excluding carboxylic acids is 1. The van der Waals surface area contributed by atoms with Crippen molar-refractivity contribution in [3.63, 3.8) is 0 Å². The lowest BCUT2D eigenvalue weighted by Crippen LogP contribution is -2.48. The molecule has 5 nitrogen and oxygen atoms in total. The van der Waals surface area contributed by atoms with E-state index < -0.39 is 0 Å². The van der Waals surface area contributed by atoms with Crippen LogP contribution in [0.5, 0.6) is 11.5 Å². The monoisotopic (exact) mass is 606 g/mol. The molecular formula is C32H35BrN2O3S. The molecule has 1 saturated carbocycles. The van der Waals surface area contributed by atoms with Gasteiger partial charge in [-0.2, -0.15) is 0 Å². The minimum absolute atomic E-state index is 0.0979. The van der Waals surface area contributed by atoms with Crippen molar-refractivity contribution >= 4 is 45.4 Å². The first kappa shape index (κ1) is 27.7. The van der Waals surface area contributed by atoms with Gasteiger partial charge in [-0.1, -0.05) is 83.9 Å². The second kappa shape index (κ2) is 13.0. The minimum atomic E-state index is -0.142. The summed E-state index contributed by atoms with van der Waals surface area (Å²) in [6.07, 6.45) is 6.60. The van der Waals surface area contributed by atoms with Gasteiger partial charge in [0.25, 0.3) is 5.91 Å². The largest absolute Gasteiger partial charge is 0.490 e. The molecule has 39 heavy (non-hydrogen) atoms. The number of hydrogen-bond acceptors (Lipinski definition) is 5. The molecule has 1 amide bonds. The highest BCUT2D eigenvalue weighted by atomic mass is 79.9. The standard InChI is InChI=1S/C32H35BrN2O3S/c1-3-37-29-19-24(15-18-28(29)38-21-23-13-16-25(33)17-14-23)20-30-31(36)35(27-12-8-7-9-22(27)2)32(39-30)34-26-10-5-4-6-11-26/h4-6,10-11,13-20,22,27,32,34H,3,7-9,12,21H2,1-2H3/b30-20-/t22-,27+,32?/m1/s1. The van der Waals surface area contributed by atoms with Crippen molar-refractivity contribution in [2.45, 2.75) is 57.7 Å². The van der Waals surface area contributed by atoms with Crippen molar-refractivity contribution in [3.05, 3.63) is 93.3 Å². The summed E-state index contributed by atoms with van der Waals surface area (Å²) in [4.78, 5) is 16.7. The van der Waals surface area contributed by atoms with E-state index in [9.17, 15) is 4.79 Å². The first-order valence-corrected chi connectivity index (χ1v) is 15.4. The van der Waals surface area contributed by atoms with Crippen LogP contribution >= 0.6 is 27.7 Å². The molecule has 1 unspecified atom stereocenters. The number of nitrogens with one attached hydrogen (secondary N) is 1. The summed E-state index contributed by atoms with van der Waals surface area (Å²) in [5.41, 5.74) is 2.87. The molecule has 0 spiro atoms. The highest BCUT2D eigenvalue weighted by Gasteiger charge is 2.42. The van der Waals surface area contributed by atoms with Crippen LogP contribution in [-0.4, -0.2) is 29.0 Å². The van der Waals surface area contributed by atoms with Crippen LogP contribution in [0.2, 0.25) is 0 Å². The Morgan fingerprint density at radius 2 is 1.77 bits per heavy atom. The van der Waals surface area contributed by atoms with E-state index in [2.05, 4.69) is 45.2 Å². The van der Waals surface area contributed by atoms with Gasteiger partial charge in [0.15, 0.2) is 17.0 Å². The Morgan fingerprint density at radius 1 is 1.00 bits per heavy atom. The van der Waals surface area contributed by atoms with Crippen molar-refractivity contribution in [2.75, 3.05) is 11.9 Å². The van der Waals surface area contributed by atoms with Crippen LogP contribution in [0.4, 0.5) is 5.69 Å². The van der Waals surface area contributed by atoms with Crippen LogP contribution in [0.25, 0.3) is 6.08 Å². The number of thioether (sulfide) groups is 1. The number of carbonyl (C=O) groups is 1. The molecule has 7 heteroatoms. The Morgan fingerprint density at radius 3 is 2.51 bits per heavy atom. The SMILES string of the molecule is CCOc1cc(/C=C2\SC(Nc3ccccc3)N([C@H]3CCCC[C@H]3C)C2=O)ccc1OCc1ccc(Br)cc1. The van der Waals surface area contributed by atoms with Crippen LogP contribution in [0.15, 0.2) is 82.2 Å². The van der Waals surface area contributed by atoms with Gasteiger partial charge in [0.2, 0.25) is 0 Å². The molecule has 1 heterocycles. The molecule has 3 atom stereocenters. The van der Waals surface area contributed by atoms with Crippen molar-refractivity contribution in [1.29, 1.82) is 0 Å². The molecule has 204 valence electrons. The van der Waals surface area contributed by atoms with Gasteiger partial charge >= 0.3 is 0 Å². The highest BCUT2D eigenvalue weighted by Crippen LogP contribution is 2.42. The maximum atomic E-state index is 13.9. The molecular weight excluding hydrogens is 572 g/mol. The van der Waals surface area contributed by atoms with Crippen LogP contribution in [0.3, 0.4) is 0 Å². The van der Waals surface area contributed by atoms with Crippen molar-refractivity contribution in [2.24, 2.45) is 5.92 Å². The second-order valence-corrected chi connectivity index (χ2v) is 12.1. The number of halogens is 1. The quantitative estimate of drug-likeness (QED) is 0.248. The number of ether oxygens (including phenoxy) is 2. The van der Waals surface area contributed by atoms with E-state index in [1.165, 1.54) is 12.8 Å². The first-order chi connectivity index (χ1) is 19.0. The van der Waals surface area contributed by atoms with Crippen molar-refractivity contribution < 1.29 is 14.3 Å². The van der Waals surface area contributed by atoms with Crippen LogP contribution in [0, 0.1) is 5.92 Å². The lowest BCUT2D eigenvalue weighted by Gasteiger charge is -2.39. The zero-order chi connectivity index (χ0) is 27.2. The third-order valence-electron chi connectivity index (χ3n) is 7.30. The summed E-state index contributed by atoms with van der Waals surface area (Å²) < 4.78 is 13.1. The number of benzene rings is 3. The Bertz CT molecular complexity index is 1300. The lowest BCUT2D eigenvalue weighted by atomic mass is 9.85. The molecule has 5 rings (SSSR count). The number of anilines is 1. The van der Waals surface area contributed by atoms with Gasteiger partial charge in [-0.05, 0) is 79.3 Å². The first-order valence-electron chi connectivity index (χ1n) is 13.7. The Kier molecular flexibility index (Phi) is 9.20. The fourth-order valence-electron chi connectivity index (χ4n) is 5.26. The molecule has 3 aromatic carbocycles. The maximum Gasteiger partial charge on any atom is 0.262 e. The molecule has 0 aromatic heterocycles. The lowest BCUT2D eigenvalue weighted by molar-refractivity contribution is -0.129. The van der Waals surface area contributed by atoms with E-state index in [1.807, 2.05) is 73.7 Å². The predicted octanol–water partition coefficient (Wildman–Crippen LogP) is 8.32. The third kappa shape index (κ3) is 6.82. The van der Waals surface area contributed by atoms with E-state index >= 15 is 0 Å². The molecule has 1 aliphatic carbocycles. The Balaban J connectivity index is 1.38. The van der Waals surface area contributed by atoms with Crippen LogP contribution in [-0.2, 0) is 11.4 Å². The highest BCUT2D eigenvalue weighted by molar-refractivity contribution is 9.10. The van der Waals surface area contributed by atoms with E-state index in [0.717, 1.165) is 39.0 Å². The molecule has 0 bridgehead atoms. The van der Waals surface area contributed by atoms with E-state index in [-0.39, 0.29) is 17.4 Å². The number of hydrogen-bond donors (Lipinski definition) is 1. The third-order valence-corrected chi connectivity index (χ3v) is 8.94. The molecule has 2 fully saturated rings. The van der Waals surface area contributed by atoms with Crippen LogP contribution < -0.4 is 14.8 Å². The van der Waals surface area contributed by atoms with Gasteiger partial charge in [0.1, 0.15) is 6.61 Å². The average molecular weight is 608 g/mol. The molecule has 0 radical (unpaired) electrons. The number of rotatable bonds is 9. The zero-order valence-corrected chi connectivity index (χ0v) is 24.8. The Labute approximate surface area is 244 Å². The summed E-state index contributed by atoms with van der Waals surface area (Å²) in [7, 11) is 0. The molecule has 1 N–H and O–H groups in total. The number of amides is 1. The van der Waals surface area contributed by atoms with E-state index in [4.69, 9.17) is 9.47 Å². The summed E-state index contributed by atoms with van der Waals surface area (Å²) in [5, 5.41) is 3.61. The topological polar surface area (TPSA) is 50.8 Å². The minimum Gasteiger partial charge on any atom is -0.490 e. The fraction of sp³-hybridized carbons (Fsp3) is 0.344. The normalized spacial score (nSPS) is 22.2. The maximum absolute atomic E-state index is 13.9. The molecule has 2 aliphatic rings.